The van der Waals surface area contributed by atoms with E-state index in [0.717, 1.165) is 16.4 Å². The van der Waals surface area contributed by atoms with Crippen molar-refractivity contribution < 1.29 is 27.3 Å². The zero-order valence-electron chi connectivity index (χ0n) is 18.4. The van der Waals surface area contributed by atoms with Crippen LogP contribution in [0.15, 0.2) is 71.6 Å². The Morgan fingerprint density at radius 3 is 2.32 bits per heavy atom. The zero-order chi connectivity index (χ0) is 24.9. The van der Waals surface area contributed by atoms with Gasteiger partial charge in [-0.25, -0.2) is 12.8 Å². The standard InChI is InChI=1S/C23H22FN3O6S/c1-3-33-20-10-12-21(13-11-20)34(31,32)26(18-8-5-17(24)6-9-18)15-23(28)25-22-14-19(27(29)30)7-4-16(22)2/h4-14H,3,15H2,1-2H3,(H,25,28). The molecule has 1 N–H and O–H groups in total. The van der Waals surface area contributed by atoms with Crippen molar-refractivity contribution in [1.82, 2.24) is 0 Å². The van der Waals surface area contributed by atoms with Gasteiger partial charge in [0.15, 0.2) is 0 Å². The number of nitrogens with one attached hydrogen (secondary N) is 1. The molecule has 178 valence electrons. The van der Waals surface area contributed by atoms with E-state index in [0.29, 0.717) is 17.9 Å². The second-order valence-electron chi connectivity index (χ2n) is 7.20. The van der Waals surface area contributed by atoms with Crippen LogP contribution in [-0.4, -0.2) is 32.4 Å². The van der Waals surface area contributed by atoms with Crippen molar-refractivity contribution >= 4 is 33.0 Å². The van der Waals surface area contributed by atoms with Gasteiger partial charge >= 0.3 is 0 Å². The van der Waals surface area contributed by atoms with Crippen LogP contribution in [-0.2, 0) is 14.8 Å². The Morgan fingerprint density at radius 2 is 1.74 bits per heavy atom. The Morgan fingerprint density at radius 1 is 1.09 bits per heavy atom. The van der Waals surface area contributed by atoms with E-state index in [1.807, 2.05) is 0 Å². The van der Waals surface area contributed by atoms with Crippen molar-refractivity contribution in [3.63, 3.8) is 0 Å². The maximum Gasteiger partial charge on any atom is 0.271 e. The second kappa shape index (κ2) is 10.3. The fourth-order valence-electron chi connectivity index (χ4n) is 3.10. The lowest BCUT2D eigenvalue weighted by atomic mass is 10.2. The molecule has 0 aliphatic heterocycles. The lowest BCUT2D eigenvalue weighted by Crippen LogP contribution is -2.38. The normalized spacial score (nSPS) is 11.0. The molecular formula is C23H22FN3O6S. The van der Waals surface area contributed by atoms with Crippen molar-refractivity contribution in [2.24, 2.45) is 0 Å². The van der Waals surface area contributed by atoms with Crippen LogP contribution >= 0.6 is 0 Å². The maximum absolute atomic E-state index is 13.5. The highest BCUT2D eigenvalue weighted by Crippen LogP contribution is 2.26. The van der Waals surface area contributed by atoms with Gasteiger partial charge < -0.3 is 10.1 Å². The predicted molar refractivity (Wildman–Crippen MR) is 125 cm³/mol. The van der Waals surface area contributed by atoms with E-state index in [4.69, 9.17) is 4.74 Å². The van der Waals surface area contributed by atoms with Gasteiger partial charge in [-0.05, 0) is 67.9 Å². The Balaban J connectivity index is 1.94. The SMILES string of the molecule is CCOc1ccc(S(=O)(=O)N(CC(=O)Nc2cc([N+](=O)[O-])ccc2C)c2ccc(F)cc2)cc1. The number of hydrogen-bond acceptors (Lipinski definition) is 6. The molecule has 0 radical (unpaired) electrons. The molecule has 0 aromatic heterocycles. The summed E-state index contributed by atoms with van der Waals surface area (Å²) >= 11 is 0. The van der Waals surface area contributed by atoms with Crippen LogP contribution in [0.25, 0.3) is 0 Å². The summed E-state index contributed by atoms with van der Waals surface area (Å²) in [5, 5.41) is 13.6. The molecule has 0 unspecified atom stereocenters. The number of non-ortho nitro benzene ring substituents is 1. The molecule has 0 saturated carbocycles. The summed E-state index contributed by atoms with van der Waals surface area (Å²) in [6.07, 6.45) is 0. The fraction of sp³-hybridized carbons (Fsp3) is 0.174. The average Bonchev–Trinajstić information content (AvgIpc) is 2.80. The number of sulfonamides is 1. The van der Waals surface area contributed by atoms with Crippen LogP contribution < -0.4 is 14.4 Å². The number of aryl methyl sites for hydroxylation is 1. The lowest BCUT2D eigenvalue weighted by molar-refractivity contribution is -0.384. The zero-order valence-corrected chi connectivity index (χ0v) is 19.2. The first-order valence-electron chi connectivity index (χ1n) is 10.2. The van der Waals surface area contributed by atoms with E-state index < -0.39 is 33.2 Å². The van der Waals surface area contributed by atoms with Gasteiger partial charge in [0, 0.05) is 12.1 Å². The summed E-state index contributed by atoms with van der Waals surface area (Å²) in [6, 6.07) is 14.3. The van der Waals surface area contributed by atoms with Crippen molar-refractivity contribution in [1.29, 1.82) is 0 Å². The highest BCUT2D eigenvalue weighted by Gasteiger charge is 2.28. The monoisotopic (exact) mass is 487 g/mol. The largest absolute Gasteiger partial charge is 0.494 e. The number of amides is 1. The van der Waals surface area contributed by atoms with Gasteiger partial charge in [-0.1, -0.05) is 6.07 Å². The summed E-state index contributed by atoms with van der Waals surface area (Å²) < 4.78 is 46.5. The molecule has 0 aliphatic carbocycles. The predicted octanol–water partition coefficient (Wildman–Crippen LogP) is 4.28. The summed E-state index contributed by atoms with van der Waals surface area (Å²) in [6.45, 7) is 3.20. The number of hydrogen-bond donors (Lipinski definition) is 1. The van der Waals surface area contributed by atoms with Gasteiger partial charge in [-0.2, -0.15) is 0 Å². The molecule has 0 atom stereocenters. The minimum absolute atomic E-state index is 0.0706. The summed E-state index contributed by atoms with van der Waals surface area (Å²) in [7, 11) is -4.23. The van der Waals surface area contributed by atoms with Crippen LogP contribution in [0.5, 0.6) is 5.75 Å². The number of benzene rings is 3. The molecular weight excluding hydrogens is 465 g/mol. The smallest absolute Gasteiger partial charge is 0.271 e. The van der Waals surface area contributed by atoms with Crippen molar-refractivity contribution in [3.05, 3.63) is 88.2 Å². The lowest BCUT2D eigenvalue weighted by Gasteiger charge is -2.24. The molecule has 0 bridgehead atoms. The fourth-order valence-corrected chi connectivity index (χ4v) is 4.52. The number of ether oxygens (including phenoxy) is 1. The Hall–Kier alpha value is -3.99. The molecule has 3 aromatic carbocycles. The third-order valence-electron chi connectivity index (χ3n) is 4.83. The summed E-state index contributed by atoms with van der Waals surface area (Å²) in [5.74, 6) is -0.824. The number of halogens is 1. The second-order valence-corrected chi connectivity index (χ2v) is 9.06. The van der Waals surface area contributed by atoms with Crippen molar-refractivity contribution in [3.8, 4) is 5.75 Å². The minimum Gasteiger partial charge on any atom is -0.494 e. The van der Waals surface area contributed by atoms with Crippen LogP contribution in [0.2, 0.25) is 0 Å². The Bertz CT molecular complexity index is 1300. The average molecular weight is 488 g/mol. The highest BCUT2D eigenvalue weighted by molar-refractivity contribution is 7.92. The van der Waals surface area contributed by atoms with Crippen molar-refractivity contribution in [2.75, 3.05) is 22.8 Å². The molecule has 0 saturated heterocycles. The molecule has 0 spiro atoms. The summed E-state index contributed by atoms with van der Waals surface area (Å²) in [5.41, 5.74) is 0.581. The molecule has 0 heterocycles. The van der Waals surface area contributed by atoms with Crippen LogP contribution in [0.1, 0.15) is 12.5 Å². The van der Waals surface area contributed by atoms with E-state index >= 15 is 0 Å². The first-order chi connectivity index (χ1) is 16.1. The van der Waals surface area contributed by atoms with E-state index in [9.17, 15) is 27.7 Å². The van der Waals surface area contributed by atoms with E-state index in [2.05, 4.69) is 5.32 Å². The van der Waals surface area contributed by atoms with Crippen molar-refractivity contribution in [2.45, 2.75) is 18.7 Å². The third-order valence-corrected chi connectivity index (χ3v) is 6.62. The number of carbonyl (C=O) groups excluding carboxylic acids is 1. The van der Waals surface area contributed by atoms with Gasteiger partial charge in [-0.15, -0.1) is 0 Å². The van der Waals surface area contributed by atoms with Gasteiger partial charge in [0.05, 0.1) is 27.8 Å². The number of anilines is 2. The van der Waals surface area contributed by atoms with Gasteiger partial charge in [0.25, 0.3) is 15.7 Å². The molecule has 9 nitrogen and oxygen atoms in total. The third kappa shape index (κ3) is 5.67. The first-order valence-corrected chi connectivity index (χ1v) is 11.6. The number of rotatable bonds is 9. The Kier molecular flexibility index (Phi) is 7.47. The summed E-state index contributed by atoms with van der Waals surface area (Å²) in [4.78, 5) is 23.2. The van der Waals surface area contributed by atoms with Crippen LogP contribution in [0, 0.1) is 22.9 Å². The topological polar surface area (TPSA) is 119 Å². The van der Waals surface area contributed by atoms with Gasteiger partial charge in [0.1, 0.15) is 18.1 Å². The Labute approximate surface area is 196 Å². The van der Waals surface area contributed by atoms with E-state index in [1.54, 1.807) is 13.8 Å². The highest BCUT2D eigenvalue weighted by atomic mass is 32.2. The van der Waals surface area contributed by atoms with Gasteiger partial charge in [-0.3, -0.25) is 19.2 Å². The van der Waals surface area contributed by atoms with Gasteiger partial charge in [0.2, 0.25) is 5.91 Å². The van der Waals surface area contributed by atoms with Crippen LogP contribution in [0.4, 0.5) is 21.5 Å². The number of nitro benzene ring substituents is 1. The first kappa shape index (κ1) is 24.6. The molecule has 34 heavy (non-hydrogen) atoms. The number of carbonyl (C=O) groups is 1. The van der Waals surface area contributed by atoms with Crippen LogP contribution in [0.3, 0.4) is 0 Å². The minimum atomic E-state index is -4.23. The molecule has 3 aromatic rings. The molecule has 0 aliphatic rings. The quantitative estimate of drug-likeness (QED) is 0.356. The van der Waals surface area contributed by atoms with E-state index in [-0.39, 0.29) is 22.0 Å². The number of nitrogens with zero attached hydrogens (tertiary/aromatic N) is 2. The van der Waals surface area contributed by atoms with E-state index in [1.165, 1.54) is 54.6 Å². The molecule has 3 rings (SSSR count). The molecule has 0 fully saturated rings. The number of nitro groups is 1. The maximum atomic E-state index is 13.5. The molecule has 11 heteroatoms. The molecule has 1 amide bonds.